The summed E-state index contributed by atoms with van der Waals surface area (Å²) in [5.41, 5.74) is 1.12. The van der Waals surface area contributed by atoms with Gasteiger partial charge in [0.2, 0.25) is 27.6 Å². The summed E-state index contributed by atoms with van der Waals surface area (Å²) in [5.74, 6) is 0.393. The normalized spacial score (nSPS) is 11.4. The second-order valence-corrected chi connectivity index (χ2v) is 9.13. The Kier molecular flexibility index (Phi) is 7.14. The Balaban J connectivity index is 1.28. The van der Waals surface area contributed by atoms with Crippen LogP contribution < -0.4 is 10.0 Å². The van der Waals surface area contributed by atoms with Gasteiger partial charge in [0.25, 0.3) is 0 Å². The number of halogens is 1. The van der Waals surface area contributed by atoms with Gasteiger partial charge in [-0.1, -0.05) is 29.4 Å². The highest BCUT2D eigenvalue weighted by molar-refractivity contribution is 7.89. The zero-order valence-electron chi connectivity index (χ0n) is 17.9. The van der Waals surface area contributed by atoms with Crippen molar-refractivity contribution in [1.82, 2.24) is 20.2 Å². The molecule has 1 amide bonds. The third kappa shape index (κ3) is 6.15. The molecular weight excluding hydrogens is 463 g/mol. The number of hydrogen-bond donors (Lipinski definition) is 2. The molecule has 34 heavy (non-hydrogen) atoms. The van der Waals surface area contributed by atoms with Crippen molar-refractivity contribution >= 4 is 15.9 Å². The van der Waals surface area contributed by atoms with E-state index < -0.39 is 15.8 Å². The molecule has 2 N–H and O–H groups in total. The van der Waals surface area contributed by atoms with Gasteiger partial charge < -0.3 is 14.3 Å². The summed E-state index contributed by atoms with van der Waals surface area (Å²) >= 11 is 0. The van der Waals surface area contributed by atoms with Crippen LogP contribution in [-0.2, 0) is 34.3 Å². The van der Waals surface area contributed by atoms with Crippen LogP contribution in [0, 0.1) is 5.82 Å². The van der Waals surface area contributed by atoms with Gasteiger partial charge in [0.1, 0.15) is 5.82 Å². The molecule has 2 heterocycles. The fraction of sp³-hybridized carbons (Fsp3) is 0.174. The van der Waals surface area contributed by atoms with E-state index in [0.717, 1.165) is 0 Å². The minimum atomic E-state index is -3.82. The van der Waals surface area contributed by atoms with Crippen molar-refractivity contribution in [1.29, 1.82) is 0 Å². The maximum atomic E-state index is 13.3. The van der Waals surface area contributed by atoms with Gasteiger partial charge in [0.15, 0.2) is 5.76 Å². The Hall–Kier alpha value is -3.83. The molecule has 0 atom stereocenters. The first-order valence-corrected chi connectivity index (χ1v) is 11.8. The number of aryl methyl sites for hydroxylation is 1. The fourth-order valence-electron chi connectivity index (χ4n) is 3.10. The summed E-state index contributed by atoms with van der Waals surface area (Å²) in [6.45, 7) is 0.103. The number of carbonyl (C=O) groups is 1. The predicted octanol–water partition coefficient (Wildman–Crippen LogP) is 3.20. The molecule has 4 aromatic rings. The zero-order valence-corrected chi connectivity index (χ0v) is 18.7. The highest BCUT2D eigenvalue weighted by atomic mass is 32.2. The minimum Gasteiger partial charge on any atom is -0.461 e. The summed E-state index contributed by atoms with van der Waals surface area (Å²) in [7, 11) is -3.82. The number of amides is 1. The van der Waals surface area contributed by atoms with Gasteiger partial charge in [-0.2, -0.15) is 4.98 Å². The molecule has 0 bridgehead atoms. The number of aromatic nitrogens is 2. The van der Waals surface area contributed by atoms with Crippen LogP contribution in [0.2, 0.25) is 0 Å². The largest absolute Gasteiger partial charge is 0.461 e. The topological polar surface area (TPSA) is 127 Å². The first-order valence-electron chi connectivity index (χ1n) is 10.4. The predicted molar refractivity (Wildman–Crippen MR) is 119 cm³/mol. The molecule has 0 saturated carbocycles. The molecule has 11 heteroatoms. The summed E-state index contributed by atoms with van der Waals surface area (Å²) < 4.78 is 51.3. The SMILES string of the molecule is O=C(CCc1nc(-c2ccco2)no1)NCc1cccc(S(=O)(=O)NCc2cccc(F)c2)c1. The minimum absolute atomic E-state index is 0.0433. The van der Waals surface area contributed by atoms with Crippen molar-refractivity contribution in [3.63, 3.8) is 0 Å². The number of sulfonamides is 1. The molecule has 0 spiro atoms. The number of furan rings is 1. The van der Waals surface area contributed by atoms with E-state index in [1.54, 1.807) is 30.3 Å². The number of hydrogen-bond acceptors (Lipinski definition) is 7. The Morgan fingerprint density at radius 1 is 1.00 bits per heavy atom. The lowest BCUT2D eigenvalue weighted by molar-refractivity contribution is -0.121. The van der Waals surface area contributed by atoms with Crippen LogP contribution in [0.3, 0.4) is 0 Å². The summed E-state index contributed by atoms with van der Waals surface area (Å²) in [4.78, 5) is 16.4. The van der Waals surface area contributed by atoms with E-state index in [1.165, 1.54) is 36.6 Å². The smallest absolute Gasteiger partial charge is 0.240 e. The molecule has 0 fully saturated rings. The lowest BCUT2D eigenvalue weighted by Crippen LogP contribution is -2.25. The monoisotopic (exact) mass is 484 g/mol. The van der Waals surface area contributed by atoms with Crippen LogP contribution >= 0.6 is 0 Å². The Morgan fingerprint density at radius 3 is 2.56 bits per heavy atom. The van der Waals surface area contributed by atoms with E-state index in [-0.39, 0.29) is 36.7 Å². The Labute approximate surface area is 195 Å². The first-order chi connectivity index (χ1) is 16.4. The quantitative estimate of drug-likeness (QED) is 0.354. The molecule has 2 aromatic heterocycles. The van der Waals surface area contributed by atoms with Gasteiger partial charge in [-0.3, -0.25) is 4.79 Å². The summed E-state index contributed by atoms with van der Waals surface area (Å²) in [5, 5.41) is 6.55. The van der Waals surface area contributed by atoms with Crippen LogP contribution in [0.15, 0.2) is 80.8 Å². The third-order valence-corrected chi connectivity index (χ3v) is 6.23. The molecule has 4 rings (SSSR count). The third-order valence-electron chi connectivity index (χ3n) is 4.83. The van der Waals surface area contributed by atoms with E-state index in [2.05, 4.69) is 20.2 Å². The van der Waals surface area contributed by atoms with Crippen molar-refractivity contribution in [2.75, 3.05) is 0 Å². The molecule has 0 aliphatic heterocycles. The van der Waals surface area contributed by atoms with Gasteiger partial charge in [0.05, 0.1) is 11.2 Å². The molecule has 0 aliphatic rings. The zero-order chi connectivity index (χ0) is 24.0. The molecule has 2 aromatic carbocycles. The van der Waals surface area contributed by atoms with Crippen molar-refractivity contribution in [3.05, 3.63) is 89.8 Å². The van der Waals surface area contributed by atoms with E-state index in [9.17, 15) is 17.6 Å². The first kappa shape index (κ1) is 23.3. The summed E-state index contributed by atoms with van der Waals surface area (Å²) in [6, 6.07) is 15.3. The maximum Gasteiger partial charge on any atom is 0.240 e. The lowest BCUT2D eigenvalue weighted by Gasteiger charge is -2.09. The highest BCUT2D eigenvalue weighted by Crippen LogP contribution is 2.16. The molecule has 0 aliphatic carbocycles. The lowest BCUT2D eigenvalue weighted by atomic mass is 10.2. The average molecular weight is 485 g/mol. The van der Waals surface area contributed by atoms with Gasteiger partial charge >= 0.3 is 0 Å². The van der Waals surface area contributed by atoms with Gasteiger partial charge in [0, 0.05) is 25.9 Å². The van der Waals surface area contributed by atoms with Crippen molar-refractivity contribution in [2.24, 2.45) is 0 Å². The van der Waals surface area contributed by atoms with Crippen molar-refractivity contribution in [3.8, 4) is 11.6 Å². The fourth-order valence-corrected chi connectivity index (χ4v) is 4.19. The Bertz CT molecular complexity index is 1370. The average Bonchev–Trinajstić information content (AvgIpc) is 3.53. The van der Waals surface area contributed by atoms with E-state index in [1.807, 2.05) is 0 Å². The number of nitrogens with one attached hydrogen (secondary N) is 2. The second-order valence-electron chi connectivity index (χ2n) is 7.37. The number of carbonyl (C=O) groups excluding carboxylic acids is 1. The summed E-state index contributed by atoms with van der Waals surface area (Å²) in [6.07, 6.45) is 1.87. The molecule has 176 valence electrons. The van der Waals surface area contributed by atoms with Crippen molar-refractivity contribution < 1.29 is 26.5 Å². The second kappa shape index (κ2) is 10.4. The number of rotatable bonds is 10. The van der Waals surface area contributed by atoms with Crippen molar-refractivity contribution in [2.45, 2.75) is 30.8 Å². The van der Waals surface area contributed by atoms with E-state index in [0.29, 0.717) is 28.6 Å². The van der Waals surface area contributed by atoms with E-state index >= 15 is 0 Å². The molecule has 0 saturated heterocycles. The molecule has 0 radical (unpaired) electrons. The highest BCUT2D eigenvalue weighted by Gasteiger charge is 2.15. The van der Waals surface area contributed by atoms with E-state index in [4.69, 9.17) is 8.94 Å². The maximum absolute atomic E-state index is 13.3. The van der Waals surface area contributed by atoms with Crippen LogP contribution in [0.1, 0.15) is 23.4 Å². The van der Waals surface area contributed by atoms with Crippen LogP contribution in [-0.4, -0.2) is 24.5 Å². The van der Waals surface area contributed by atoms with Crippen LogP contribution in [0.5, 0.6) is 0 Å². The Morgan fingerprint density at radius 2 is 1.79 bits per heavy atom. The number of nitrogens with zero attached hydrogens (tertiary/aromatic N) is 2. The van der Waals surface area contributed by atoms with Gasteiger partial charge in [-0.05, 0) is 47.5 Å². The van der Waals surface area contributed by atoms with Crippen LogP contribution in [0.25, 0.3) is 11.6 Å². The van der Waals surface area contributed by atoms with Gasteiger partial charge in [-0.15, -0.1) is 0 Å². The molecular formula is C23H21FN4O5S. The standard InChI is InChI=1S/C23H21FN4O5S/c24-18-6-1-4-16(12-18)15-26-34(30,31)19-7-2-5-17(13-19)14-25-21(29)9-10-22-27-23(28-33-22)20-8-3-11-32-20/h1-8,11-13,26H,9-10,14-15H2,(H,25,29). The number of benzene rings is 2. The van der Waals surface area contributed by atoms with Crippen LogP contribution in [0.4, 0.5) is 4.39 Å². The van der Waals surface area contributed by atoms with Gasteiger partial charge in [-0.25, -0.2) is 17.5 Å². The molecule has 0 unspecified atom stereocenters. The molecule has 9 nitrogen and oxygen atoms in total.